The summed E-state index contributed by atoms with van der Waals surface area (Å²) < 4.78 is 5.22. The maximum atomic E-state index is 9.43. The molecular formula is C21H23N3O2S. The summed E-state index contributed by atoms with van der Waals surface area (Å²) in [6.45, 7) is 4.88. The highest BCUT2D eigenvalue weighted by Gasteiger charge is 2.18. The zero-order valence-electron chi connectivity index (χ0n) is 15.3. The first kappa shape index (κ1) is 17.8. The molecule has 0 amide bonds. The fourth-order valence-electron chi connectivity index (χ4n) is 3.30. The molecule has 2 aromatic carbocycles. The highest BCUT2D eigenvalue weighted by molar-refractivity contribution is 7.13. The molecule has 0 spiro atoms. The molecule has 0 bridgehead atoms. The normalized spacial score (nSPS) is 15.1. The highest BCUT2D eigenvalue weighted by atomic mass is 32.1. The van der Waals surface area contributed by atoms with Gasteiger partial charge in [-0.2, -0.15) is 0 Å². The lowest BCUT2D eigenvalue weighted by Crippen LogP contribution is -2.46. The number of phenols is 1. The third kappa shape index (κ3) is 4.23. The predicted molar refractivity (Wildman–Crippen MR) is 110 cm³/mol. The maximum Gasteiger partial charge on any atom is 0.123 e. The van der Waals surface area contributed by atoms with Crippen molar-refractivity contribution in [3.8, 4) is 22.1 Å². The van der Waals surface area contributed by atoms with Crippen LogP contribution in [0.2, 0.25) is 0 Å². The van der Waals surface area contributed by atoms with Gasteiger partial charge in [0.15, 0.2) is 0 Å². The van der Waals surface area contributed by atoms with E-state index in [-0.39, 0.29) is 0 Å². The Labute approximate surface area is 163 Å². The van der Waals surface area contributed by atoms with E-state index >= 15 is 0 Å². The zero-order chi connectivity index (χ0) is 18.6. The molecule has 1 fully saturated rings. The monoisotopic (exact) mass is 381 g/mol. The minimum absolute atomic E-state index is 0.314. The van der Waals surface area contributed by atoms with Crippen LogP contribution in [0.5, 0.6) is 11.5 Å². The number of phenolic OH excluding ortho intramolecular Hbond substituents is 1. The molecule has 0 aliphatic carbocycles. The van der Waals surface area contributed by atoms with Gasteiger partial charge in [0, 0.05) is 49.4 Å². The average Bonchev–Trinajstić information content (AvgIpc) is 3.18. The summed E-state index contributed by atoms with van der Waals surface area (Å²) in [4.78, 5) is 9.62. The fourth-order valence-corrected chi connectivity index (χ4v) is 4.12. The van der Waals surface area contributed by atoms with Gasteiger partial charge in [-0.15, -0.1) is 11.3 Å². The smallest absolute Gasteiger partial charge is 0.123 e. The van der Waals surface area contributed by atoms with Gasteiger partial charge in [0.05, 0.1) is 12.8 Å². The molecule has 6 heteroatoms. The molecule has 2 heterocycles. The number of methoxy groups -OCH3 is 1. The van der Waals surface area contributed by atoms with Crippen LogP contribution in [0.3, 0.4) is 0 Å². The lowest BCUT2D eigenvalue weighted by atomic mass is 10.2. The van der Waals surface area contributed by atoms with Crippen LogP contribution < -0.4 is 9.64 Å². The molecule has 0 atom stereocenters. The van der Waals surface area contributed by atoms with Gasteiger partial charge in [-0.05, 0) is 48.5 Å². The van der Waals surface area contributed by atoms with E-state index < -0.39 is 0 Å². The van der Waals surface area contributed by atoms with Crippen molar-refractivity contribution in [1.29, 1.82) is 0 Å². The summed E-state index contributed by atoms with van der Waals surface area (Å²) in [6, 6.07) is 15.5. The lowest BCUT2D eigenvalue weighted by Gasteiger charge is -2.35. The number of hydrogen-bond donors (Lipinski definition) is 1. The van der Waals surface area contributed by atoms with Crippen LogP contribution in [-0.2, 0) is 6.54 Å². The largest absolute Gasteiger partial charge is 0.508 e. The first-order chi connectivity index (χ1) is 13.2. The number of aromatic hydroxyl groups is 1. The van der Waals surface area contributed by atoms with Crippen LogP contribution in [0.15, 0.2) is 53.9 Å². The topological polar surface area (TPSA) is 48.8 Å². The third-order valence-electron chi connectivity index (χ3n) is 4.86. The molecule has 0 saturated carbocycles. The number of aromatic nitrogens is 1. The van der Waals surface area contributed by atoms with E-state index in [1.165, 1.54) is 5.69 Å². The van der Waals surface area contributed by atoms with E-state index in [0.29, 0.717) is 5.75 Å². The summed E-state index contributed by atoms with van der Waals surface area (Å²) in [7, 11) is 1.68. The SMILES string of the molecule is COc1ccc(-c2nc(CN3CCN(c4ccc(O)cc4)CC3)cs2)cc1. The third-order valence-corrected chi connectivity index (χ3v) is 5.80. The van der Waals surface area contributed by atoms with Gasteiger partial charge >= 0.3 is 0 Å². The Bertz CT molecular complexity index is 869. The lowest BCUT2D eigenvalue weighted by molar-refractivity contribution is 0.247. The zero-order valence-corrected chi connectivity index (χ0v) is 16.2. The molecular weight excluding hydrogens is 358 g/mol. The Morgan fingerprint density at radius 2 is 1.70 bits per heavy atom. The van der Waals surface area contributed by atoms with Crippen molar-refractivity contribution in [2.75, 3.05) is 38.2 Å². The molecule has 4 rings (SSSR count). The first-order valence-electron chi connectivity index (χ1n) is 9.06. The van der Waals surface area contributed by atoms with Gasteiger partial charge in [0.2, 0.25) is 0 Å². The Hall–Kier alpha value is -2.57. The molecule has 27 heavy (non-hydrogen) atoms. The summed E-state index contributed by atoms with van der Waals surface area (Å²) in [5.74, 6) is 1.18. The van der Waals surface area contributed by atoms with E-state index in [2.05, 4.69) is 27.3 Å². The Morgan fingerprint density at radius 1 is 1.00 bits per heavy atom. The summed E-state index contributed by atoms with van der Waals surface area (Å²) >= 11 is 1.69. The number of hydrogen-bond acceptors (Lipinski definition) is 6. The quantitative estimate of drug-likeness (QED) is 0.728. The number of benzene rings is 2. The van der Waals surface area contributed by atoms with Crippen LogP contribution >= 0.6 is 11.3 Å². The van der Waals surface area contributed by atoms with E-state index in [0.717, 1.165) is 54.7 Å². The van der Waals surface area contributed by atoms with Crippen LogP contribution in [0.25, 0.3) is 10.6 Å². The summed E-state index contributed by atoms with van der Waals surface area (Å²) in [5.41, 5.74) is 3.43. The number of piperazine rings is 1. The summed E-state index contributed by atoms with van der Waals surface area (Å²) in [6.07, 6.45) is 0. The maximum absolute atomic E-state index is 9.43. The molecule has 0 unspecified atom stereocenters. The van der Waals surface area contributed by atoms with Crippen molar-refractivity contribution in [2.45, 2.75) is 6.54 Å². The Balaban J connectivity index is 1.34. The van der Waals surface area contributed by atoms with Crippen LogP contribution in [0.1, 0.15) is 5.69 Å². The van der Waals surface area contributed by atoms with Gasteiger partial charge < -0.3 is 14.7 Å². The number of anilines is 1. The predicted octanol–water partition coefficient (Wildman–Crippen LogP) is 3.85. The van der Waals surface area contributed by atoms with Crippen molar-refractivity contribution < 1.29 is 9.84 Å². The van der Waals surface area contributed by atoms with Gasteiger partial charge in [0.25, 0.3) is 0 Å². The van der Waals surface area contributed by atoms with Gasteiger partial charge in [-0.3, -0.25) is 4.90 Å². The van der Waals surface area contributed by atoms with Crippen molar-refractivity contribution in [1.82, 2.24) is 9.88 Å². The van der Waals surface area contributed by atoms with E-state index in [4.69, 9.17) is 9.72 Å². The molecule has 1 aliphatic rings. The van der Waals surface area contributed by atoms with Crippen molar-refractivity contribution >= 4 is 17.0 Å². The fraction of sp³-hybridized carbons (Fsp3) is 0.286. The van der Waals surface area contributed by atoms with Crippen LogP contribution in [0, 0.1) is 0 Å². The number of ether oxygens (including phenoxy) is 1. The Morgan fingerprint density at radius 3 is 2.37 bits per heavy atom. The number of nitrogens with zero attached hydrogens (tertiary/aromatic N) is 3. The molecule has 3 aromatic rings. The number of thiazole rings is 1. The van der Waals surface area contributed by atoms with Crippen molar-refractivity contribution in [3.63, 3.8) is 0 Å². The first-order valence-corrected chi connectivity index (χ1v) is 9.94. The second-order valence-electron chi connectivity index (χ2n) is 6.65. The van der Waals surface area contributed by atoms with Gasteiger partial charge in [0.1, 0.15) is 16.5 Å². The molecule has 1 aliphatic heterocycles. The molecule has 1 aromatic heterocycles. The van der Waals surface area contributed by atoms with Gasteiger partial charge in [-0.25, -0.2) is 4.98 Å². The number of rotatable bonds is 5. The minimum Gasteiger partial charge on any atom is -0.508 e. The summed E-state index contributed by atoms with van der Waals surface area (Å²) in [5, 5.41) is 12.6. The highest BCUT2D eigenvalue weighted by Crippen LogP contribution is 2.26. The second-order valence-corrected chi connectivity index (χ2v) is 7.51. The van der Waals surface area contributed by atoms with Gasteiger partial charge in [-0.1, -0.05) is 0 Å². The van der Waals surface area contributed by atoms with E-state index in [1.807, 2.05) is 24.3 Å². The minimum atomic E-state index is 0.314. The molecule has 0 radical (unpaired) electrons. The molecule has 1 N–H and O–H groups in total. The van der Waals surface area contributed by atoms with E-state index in [1.54, 1.807) is 30.6 Å². The molecule has 140 valence electrons. The van der Waals surface area contributed by atoms with Crippen molar-refractivity contribution in [2.24, 2.45) is 0 Å². The van der Waals surface area contributed by atoms with Crippen LogP contribution in [-0.4, -0.2) is 48.3 Å². The van der Waals surface area contributed by atoms with E-state index in [9.17, 15) is 5.11 Å². The second kappa shape index (κ2) is 7.98. The molecule has 1 saturated heterocycles. The average molecular weight is 382 g/mol. The van der Waals surface area contributed by atoms with Crippen LogP contribution in [0.4, 0.5) is 5.69 Å². The Kier molecular flexibility index (Phi) is 5.27. The van der Waals surface area contributed by atoms with Crippen molar-refractivity contribution in [3.05, 3.63) is 59.6 Å². The standard InChI is InChI=1S/C21H23N3O2S/c1-26-20-8-2-16(3-9-20)21-22-17(15-27-21)14-23-10-12-24(13-11-23)18-4-6-19(25)7-5-18/h2-9,15,25H,10-14H2,1H3. The molecule has 5 nitrogen and oxygen atoms in total.